The SMILES string of the molecule is Nc1cncc(Nc2nccc3ccc(Cl)cc23)n1. The van der Waals surface area contributed by atoms with Crippen molar-refractivity contribution in [1.29, 1.82) is 0 Å². The molecule has 19 heavy (non-hydrogen) atoms. The van der Waals surface area contributed by atoms with E-state index in [1.165, 1.54) is 6.20 Å². The van der Waals surface area contributed by atoms with E-state index in [4.69, 9.17) is 17.3 Å². The smallest absolute Gasteiger partial charge is 0.152 e. The monoisotopic (exact) mass is 271 g/mol. The molecule has 2 aromatic heterocycles. The molecular weight excluding hydrogens is 262 g/mol. The van der Waals surface area contributed by atoms with E-state index in [0.717, 1.165) is 10.8 Å². The first-order valence-electron chi connectivity index (χ1n) is 5.61. The number of pyridine rings is 1. The third-order valence-electron chi connectivity index (χ3n) is 2.63. The molecule has 94 valence electrons. The first kappa shape index (κ1) is 11.7. The van der Waals surface area contributed by atoms with Crippen molar-refractivity contribution in [1.82, 2.24) is 15.0 Å². The van der Waals surface area contributed by atoms with Gasteiger partial charge in [-0.25, -0.2) is 9.97 Å². The molecule has 0 amide bonds. The molecule has 2 heterocycles. The molecule has 0 spiro atoms. The van der Waals surface area contributed by atoms with Crippen molar-refractivity contribution in [2.45, 2.75) is 0 Å². The summed E-state index contributed by atoms with van der Waals surface area (Å²) in [4.78, 5) is 12.4. The zero-order valence-corrected chi connectivity index (χ0v) is 10.6. The highest BCUT2D eigenvalue weighted by Crippen LogP contribution is 2.26. The number of nitrogens with one attached hydrogen (secondary N) is 1. The second-order valence-corrected chi connectivity index (χ2v) is 4.42. The molecule has 6 heteroatoms. The number of nitrogen functional groups attached to an aromatic ring is 1. The van der Waals surface area contributed by atoms with Crippen LogP contribution >= 0.6 is 11.6 Å². The summed E-state index contributed by atoms with van der Waals surface area (Å²) in [7, 11) is 0. The molecule has 0 radical (unpaired) electrons. The zero-order valence-electron chi connectivity index (χ0n) is 9.84. The molecule has 5 nitrogen and oxygen atoms in total. The van der Waals surface area contributed by atoms with Gasteiger partial charge < -0.3 is 11.1 Å². The molecule has 0 aliphatic rings. The fraction of sp³-hybridized carbons (Fsp3) is 0. The molecule has 0 saturated heterocycles. The minimum atomic E-state index is 0.350. The maximum absolute atomic E-state index is 6.02. The van der Waals surface area contributed by atoms with E-state index in [2.05, 4.69) is 20.3 Å². The number of halogens is 1. The molecular formula is C13H10ClN5. The van der Waals surface area contributed by atoms with Gasteiger partial charge in [-0.1, -0.05) is 17.7 Å². The van der Waals surface area contributed by atoms with Crippen LogP contribution in [0, 0.1) is 0 Å². The van der Waals surface area contributed by atoms with E-state index in [1.54, 1.807) is 12.4 Å². The molecule has 3 rings (SSSR count). The van der Waals surface area contributed by atoms with E-state index >= 15 is 0 Å². The minimum absolute atomic E-state index is 0.350. The number of anilines is 3. The average Bonchev–Trinajstić information content (AvgIpc) is 2.39. The second kappa shape index (κ2) is 4.70. The standard InChI is InChI=1S/C13H10ClN5/c14-9-2-1-8-3-4-17-13(10(8)5-9)19-12-7-16-6-11(15)18-12/h1-7H,(H3,15,17,18,19). The normalized spacial score (nSPS) is 10.6. The van der Waals surface area contributed by atoms with Crippen LogP contribution in [-0.4, -0.2) is 15.0 Å². The van der Waals surface area contributed by atoms with Crippen LogP contribution in [0.15, 0.2) is 42.9 Å². The van der Waals surface area contributed by atoms with Crippen molar-refractivity contribution in [2.24, 2.45) is 0 Å². The lowest BCUT2D eigenvalue weighted by Crippen LogP contribution is -2.00. The Hall–Kier alpha value is -2.40. The Labute approximate surface area is 114 Å². The van der Waals surface area contributed by atoms with Crippen molar-refractivity contribution in [3.63, 3.8) is 0 Å². The van der Waals surface area contributed by atoms with E-state index in [1.807, 2.05) is 24.3 Å². The Kier molecular flexibility index (Phi) is 2.89. The Morgan fingerprint density at radius 3 is 2.89 bits per heavy atom. The summed E-state index contributed by atoms with van der Waals surface area (Å²) in [5.74, 6) is 1.56. The van der Waals surface area contributed by atoms with Gasteiger partial charge in [0.15, 0.2) is 5.82 Å². The van der Waals surface area contributed by atoms with Gasteiger partial charge in [-0.05, 0) is 23.6 Å². The quantitative estimate of drug-likeness (QED) is 0.749. The summed E-state index contributed by atoms with van der Waals surface area (Å²) in [5.41, 5.74) is 5.59. The lowest BCUT2D eigenvalue weighted by molar-refractivity contribution is 1.20. The number of hydrogen-bond donors (Lipinski definition) is 2. The number of rotatable bonds is 2. The van der Waals surface area contributed by atoms with E-state index in [-0.39, 0.29) is 0 Å². The lowest BCUT2D eigenvalue weighted by atomic mass is 10.1. The number of hydrogen-bond acceptors (Lipinski definition) is 5. The largest absolute Gasteiger partial charge is 0.382 e. The van der Waals surface area contributed by atoms with Gasteiger partial charge in [0.05, 0.1) is 12.4 Å². The first-order chi connectivity index (χ1) is 9.22. The van der Waals surface area contributed by atoms with Crippen molar-refractivity contribution in [3.05, 3.63) is 47.9 Å². The Balaban J connectivity index is 2.07. The highest BCUT2D eigenvalue weighted by molar-refractivity contribution is 6.31. The van der Waals surface area contributed by atoms with Gasteiger partial charge in [-0.3, -0.25) is 4.98 Å². The molecule has 0 atom stereocenters. The van der Waals surface area contributed by atoms with E-state index < -0.39 is 0 Å². The van der Waals surface area contributed by atoms with Crippen LogP contribution in [0.4, 0.5) is 17.5 Å². The van der Waals surface area contributed by atoms with E-state index in [9.17, 15) is 0 Å². The van der Waals surface area contributed by atoms with Gasteiger partial charge in [0, 0.05) is 16.6 Å². The number of aromatic nitrogens is 3. The molecule has 0 aliphatic heterocycles. The van der Waals surface area contributed by atoms with Gasteiger partial charge in [0.2, 0.25) is 0 Å². The van der Waals surface area contributed by atoms with E-state index in [0.29, 0.717) is 22.5 Å². The molecule has 0 bridgehead atoms. The highest BCUT2D eigenvalue weighted by atomic mass is 35.5. The van der Waals surface area contributed by atoms with Crippen LogP contribution < -0.4 is 11.1 Å². The van der Waals surface area contributed by atoms with Crippen molar-refractivity contribution >= 4 is 39.8 Å². The van der Waals surface area contributed by atoms with Crippen LogP contribution in [-0.2, 0) is 0 Å². The van der Waals surface area contributed by atoms with Gasteiger partial charge in [-0.15, -0.1) is 0 Å². The van der Waals surface area contributed by atoms with Crippen LogP contribution in [0.5, 0.6) is 0 Å². The molecule has 0 aliphatic carbocycles. The highest BCUT2D eigenvalue weighted by Gasteiger charge is 2.05. The summed E-state index contributed by atoms with van der Waals surface area (Å²) in [6.07, 6.45) is 4.79. The van der Waals surface area contributed by atoms with Gasteiger partial charge in [-0.2, -0.15) is 0 Å². The number of nitrogens with zero attached hydrogens (tertiary/aromatic N) is 3. The fourth-order valence-electron chi connectivity index (χ4n) is 1.80. The average molecular weight is 272 g/mol. The zero-order chi connectivity index (χ0) is 13.2. The van der Waals surface area contributed by atoms with Crippen LogP contribution in [0.3, 0.4) is 0 Å². The van der Waals surface area contributed by atoms with Crippen LogP contribution in [0.2, 0.25) is 5.02 Å². The number of fused-ring (bicyclic) bond motifs is 1. The lowest BCUT2D eigenvalue weighted by Gasteiger charge is -2.08. The molecule has 0 fully saturated rings. The van der Waals surface area contributed by atoms with Crippen LogP contribution in [0.25, 0.3) is 10.8 Å². The maximum Gasteiger partial charge on any atom is 0.152 e. The third-order valence-corrected chi connectivity index (χ3v) is 2.86. The third kappa shape index (κ3) is 2.41. The molecule has 3 aromatic rings. The van der Waals surface area contributed by atoms with Crippen molar-refractivity contribution < 1.29 is 0 Å². The predicted molar refractivity (Wildman–Crippen MR) is 76.5 cm³/mol. The molecule has 0 saturated carbocycles. The van der Waals surface area contributed by atoms with Gasteiger partial charge in [0.25, 0.3) is 0 Å². The summed E-state index contributed by atoms with van der Waals surface area (Å²) in [6.45, 7) is 0. The summed E-state index contributed by atoms with van der Waals surface area (Å²) in [5, 5.41) is 5.70. The predicted octanol–water partition coefficient (Wildman–Crippen LogP) is 3.00. The fourth-order valence-corrected chi connectivity index (χ4v) is 1.97. The maximum atomic E-state index is 6.02. The Morgan fingerprint density at radius 1 is 1.16 bits per heavy atom. The molecule has 3 N–H and O–H groups in total. The number of benzene rings is 1. The minimum Gasteiger partial charge on any atom is -0.382 e. The second-order valence-electron chi connectivity index (χ2n) is 3.98. The topological polar surface area (TPSA) is 76.7 Å². The van der Waals surface area contributed by atoms with Crippen molar-refractivity contribution in [2.75, 3.05) is 11.1 Å². The molecule has 0 unspecified atom stereocenters. The summed E-state index contributed by atoms with van der Waals surface area (Å²) < 4.78 is 0. The summed E-state index contributed by atoms with van der Waals surface area (Å²) in [6, 6.07) is 7.55. The van der Waals surface area contributed by atoms with Crippen molar-refractivity contribution in [3.8, 4) is 0 Å². The molecule has 1 aromatic carbocycles. The Bertz CT molecular complexity index is 744. The summed E-state index contributed by atoms with van der Waals surface area (Å²) >= 11 is 6.02. The number of nitrogens with two attached hydrogens (primary N) is 1. The van der Waals surface area contributed by atoms with Crippen LogP contribution in [0.1, 0.15) is 0 Å². The first-order valence-corrected chi connectivity index (χ1v) is 5.99. The van der Waals surface area contributed by atoms with Gasteiger partial charge in [0.1, 0.15) is 11.6 Å². The van der Waals surface area contributed by atoms with Gasteiger partial charge >= 0.3 is 0 Å². The Morgan fingerprint density at radius 2 is 2.05 bits per heavy atom.